The van der Waals surface area contributed by atoms with Crippen molar-refractivity contribution >= 4 is 0 Å². The Bertz CT molecular complexity index is 858. The van der Waals surface area contributed by atoms with Gasteiger partial charge in [0.15, 0.2) is 0 Å². The summed E-state index contributed by atoms with van der Waals surface area (Å²) in [7, 11) is 0. The SMILES string of the molecule is CC1(Cc2cnc(CC(C)(O)c3ccc(-n4cccn4)cc3)[nH]2)CCC1. The minimum absolute atomic E-state index is 0.425. The second-order valence-electron chi connectivity index (χ2n) is 8.14. The molecular formula is C21H26N4O. The Morgan fingerprint density at radius 2 is 2.04 bits per heavy atom. The maximum atomic E-state index is 11.0. The van der Waals surface area contributed by atoms with Gasteiger partial charge in [-0.1, -0.05) is 25.5 Å². The normalized spacial score (nSPS) is 18.3. The molecule has 1 aliphatic carbocycles. The van der Waals surface area contributed by atoms with Crippen LogP contribution in [0.2, 0.25) is 0 Å². The number of nitrogens with zero attached hydrogens (tertiary/aromatic N) is 3. The molecule has 1 atom stereocenters. The van der Waals surface area contributed by atoms with E-state index in [2.05, 4.69) is 22.0 Å². The highest BCUT2D eigenvalue weighted by Gasteiger charge is 2.32. The van der Waals surface area contributed by atoms with E-state index in [1.165, 1.54) is 25.0 Å². The van der Waals surface area contributed by atoms with Crippen LogP contribution in [0.3, 0.4) is 0 Å². The maximum Gasteiger partial charge on any atom is 0.109 e. The molecule has 1 unspecified atom stereocenters. The van der Waals surface area contributed by atoms with Gasteiger partial charge in [-0.3, -0.25) is 0 Å². The van der Waals surface area contributed by atoms with Crippen LogP contribution in [-0.4, -0.2) is 24.9 Å². The molecule has 3 aromatic rings. The van der Waals surface area contributed by atoms with Gasteiger partial charge in [-0.05, 0) is 55.4 Å². The first kappa shape index (κ1) is 17.0. The molecule has 0 aliphatic heterocycles. The fraction of sp³-hybridized carbons (Fsp3) is 0.429. The topological polar surface area (TPSA) is 66.7 Å². The van der Waals surface area contributed by atoms with Crippen LogP contribution in [0, 0.1) is 5.41 Å². The number of benzene rings is 1. The molecule has 5 nitrogen and oxygen atoms in total. The highest BCUT2D eigenvalue weighted by Crippen LogP contribution is 2.42. The zero-order chi connectivity index (χ0) is 18.2. The van der Waals surface area contributed by atoms with Crippen LogP contribution in [0.1, 0.15) is 50.2 Å². The summed E-state index contributed by atoms with van der Waals surface area (Å²) in [6, 6.07) is 9.75. The van der Waals surface area contributed by atoms with Crippen molar-refractivity contribution in [3.05, 3.63) is 66.0 Å². The number of imidazole rings is 1. The molecule has 26 heavy (non-hydrogen) atoms. The van der Waals surface area contributed by atoms with Crippen molar-refractivity contribution in [1.29, 1.82) is 0 Å². The number of H-pyrrole nitrogens is 1. The standard InChI is InChI=1S/C21H26N4O/c1-20(9-3-10-20)13-17-15-22-19(24-17)14-21(2,26)16-5-7-18(8-6-16)25-12-4-11-23-25/h4-8,11-12,15,26H,3,9-10,13-14H2,1-2H3,(H,22,24). The number of aromatic nitrogens is 4. The highest BCUT2D eigenvalue weighted by atomic mass is 16.3. The van der Waals surface area contributed by atoms with Gasteiger partial charge in [-0.25, -0.2) is 9.67 Å². The van der Waals surface area contributed by atoms with Crippen LogP contribution in [0.5, 0.6) is 0 Å². The van der Waals surface area contributed by atoms with Crippen LogP contribution < -0.4 is 0 Å². The van der Waals surface area contributed by atoms with Gasteiger partial charge in [0.1, 0.15) is 5.82 Å². The van der Waals surface area contributed by atoms with Gasteiger partial charge < -0.3 is 10.1 Å². The minimum Gasteiger partial charge on any atom is -0.385 e. The molecule has 1 aromatic carbocycles. The second-order valence-corrected chi connectivity index (χ2v) is 8.14. The molecule has 2 heterocycles. The monoisotopic (exact) mass is 350 g/mol. The Morgan fingerprint density at radius 3 is 2.65 bits per heavy atom. The summed E-state index contributed by atoms with van der Waals surface area (Å²) in [4.78, 5) is 7.91. The summed E-state index contributed by atoms with van der Waals surface area (Å²) in [6.45, 7) is 4.18. The molecular weight excluding hydrogens is 324 g/mol. The van der Waals surface area contributed by atoms with Gasteiger partial charge in [-0.2, -0.15) is 5.10 Å². The Kier molecular flexibility index (Phi) is 4.19. The lowest BCUT2D eigenvalue weighted by Gasteiger charge is -2.38. The smallest absolute Gasteiger partial charge is 0.109 e. The first-order valence-electron chi connectivity index (χ1n) is 9.29. The zero-order valence-corrected chi connectivity index (χ0v) is 15.4. The van der Waals surface area contributed by atoms with Crippen molar-refractivity contribution in [3.8, 4) is 5.69 Å². The molecule has 0 bridgehead atoms. The minimum atomic E-state index is -0.974. The number of hydrogen-bond acceptors (Lipinski definition) is 3. The van der Waals surface area contributed by atoms with E-state index in [1.807, 2.05) is 49.6 Å². The number of aliphatic hydroxyl groups is 1. The average Bonchev–Trinajstić information content (AvgIpc) is 3.25. The van der Waals surface area contributed by atoms with Crippen LogP contribution in [0.15, 0.2) is 48.9 Å². The molecule has 136 valence electrons. The summed E-state index contributed by atoms with van der Waals surface area (Å²) in [6.07, 6.45) is 11.0. The van der Waals surface area contributed by atoms with Crippen molar-refractivity contribution in [2.24, 2.45) is 5.41 Å². The molecule has 2 aromatic heterocycles. The highest BCUT2D eigenvalue weighted by molar-refractivity contribution is 5.36. The fourth-order valence-corrected chi connectivity index (χ4v) is 3.83. The average molecular weight is 350 g/mol. The van der Waals surface area contributed by atoms with Crippen molar-refractivity contribution in [3.63, 3.8) is 0 Å². The van der Waals surface area contributed by atoms with Crippen LogP contribution >= 0.6 is 0 Å². The van der Waals surface area contributed by atoms with Gasteiger partial charge in [0.2, 0.25) is 0 Å². The summed E-state index contributed by atoms with van der Waals surface area (Å²) >= 11 is 0. The molecule has 1 fully saturated rings. The van der Waals surface area contributed by atoms with Gasteiger partial charge in [0.25, 0.3) is 0 Å². The van der Waals surface area contributed by atoms with Crippen LogP contribution in [0.25, 0.3) is 5.69 Å². The molecule has 0 spiro atoms. The predicted octanol–water partition coefficient (Wildman–Crippen LogP) is 3.78. The molecule has 0 amide bonds. The molecule has 0 saturated heterocycles. The van der Waals surface area contributed by atoms with E-state index in [4.69, 9.17) is 0 Å². The predicted molar refractivity (Wildman–Crippen MR) is 101 cm³/mol. The first-order chi connectivity index (χ1) is 12.4. The number of nitrogens with one attached hydrogen (secondary N) is 1. The lowest BCUT2D eigenvalue weighted by Crippen LogP contribution is -2.28. The quantitative estimate of drug-likeness (QED) is 0.711. The molecule has 0 radical (unpaired) electrons. The van der Waals surface area contributed by atoms with E-state index in [0.29, 0.717) is 11.8 Å². The Morgan fingerprint density at radius 1 is 1.27 bits per heavy atom. The van der Waals surface area contributed by atoms with E-state index >= 15 is 0 Å². The van der Waals surface area contributed by atoms with Crippen molar-refractivity contribution < 1.29 is 5.11 Å². The van der Waals surface area contributed by atoms with E-state index in [0.717, 1.165) is 23.5 Å². The lowest BCUT2D eigenvalue weighted by atomic mass is 9.68. The maximum absolute atomic E-state index is 11.0. The van der Waals surface area contributed by atoms with E-state index in [9.17, 15) is 5.11 Å². The van der Waals surface area contributed by atoms with E-state index in [1.54, 1.807) is 10.9 Å². The number of aromatic amines is 1. The fourth-order valence-electron chi connectivity index (χ4n) is 3.83. The summed E-state index contributed by atoms with van der Waals surface area (Å²) in [5, 5.41) is 15.2. The molecule has 1 saturated carbocycles. The van der Waals surface area contributed by atoms with Crippen molar-refractivity contribution in [2.45, 2.75) is 51.6 Å². The van der Waals surface area contributed by atoms with Gasteiger partial charge in [0.05, 0.1) is 11.3 Å². The van der Waals surface area contributed by atoms with Gasteiger partial charge in [0, 0.05) is 30.7 Å². The molecule has 1 aliphatic rings. The van der Waals surface area contributed by atoms with Gasteiger partial charge in [-0.15, -0.1) is 0 Å². The Labute approximate surface area is 154 Å². The van der Waals surface area contributed by atoms with E-state index in [-0.39, 0.29) is 0 Å². The number of rotatable bonds is 6. The van der Waals surface area contributed by atoms with Gasteiger partial charge >= 0.3 is 0 Å². The summed E-state index contributed by atoms with van der Waals surface area (Å²) < 4.78 is 1.80. The van der Waals surface area contributed by atoms with Crippen molar-refractivity contribution in [2.75, 3.05) is 0 Å². The molecule has 4 rings (SSSR count). The first-order valence-corrected chi connectivity index (χ1v) is 9.29. The number of hydrogen-bond donors (Lipinski definition) is 2. The zero-order valence-electron chi connectivity index (χ0n) is 15.4. The Hall–Kier alpha value is -2.40. The second kappa shape index (κ2) is 6.40. The third-order valence-corrected chi connectivity index (χ3v) is 5.63. The molecule has 2 N–H and O–H groups in total. The van der Waals surface area contributed by atoms with Crippen LogP contribution in [-0.2, 0) is 18.4 Å². The summed E-state index contributed by atoms with van der Waals surface area (Å²) in [5.74, 6) is 0.837. The molecule has 5 heteroatoms. The lowest BCUT2D eigenvalue weighted by molar-refractivity contribution is 0.0556. The third-order valence-electron chi connectivity index (χ3n) is 5.63. The third kappa shape index (κ3) is 3.44. The van der Waals surface area contributed by atoms with Crippen molar-refractivity contribution in [1.82, 2.24) is 19.7 Å². The van der Waals surface area contributed by atoms with Crippen LogP contribution in [0.4, 0.5) is 0 Å². The van der Waals surface area contributed by atoms with E-state index < -0.39 is 5.60 Å². The summed E-state index contributed by atoms with van der Waals surface area (Å²) in [5.41, 5.74) is 2.47. The largest absolute Gasteiger partial charge is 0.385 e. The Balaban J connectivity index is 1.46.